The van der Waals surface area contributed by atoms with Gasteiger partial charge < -0.3 is 10.4 Å². The summed E-state index contributed by atoms with van der Waals surface area (Å²) in [5.41, 5.74) is -0.362. The van der Waals surface area contributed by atoms with Gasteiger partial charge in [-0.25, -0.2) is 0 Å². The van der Waals surface area contributed by atoms with Crippen molar-refractivity contribution in [2.75, 3.05) is 5.32 Å². The average Bonchev–Trinajstić information content (AvgIpc) is 2.15. The highest BCUT2D eigenvalue weighted by Gasteiger charge is 2.63. The molecule has 2 N–H and O–H groups in total. The fraction of sp³-hybridized carbons (Fsp3) is 0.222. The molecule has 0 aliphatic heterocycles. The Kier molecular flexibility index (Phi) is 3.25. The second-order valence-corrected chi connectivity index (χ2v) is 3.08. The number of anilines is 1. The van der Waals surface area contributed by atoms with Gasteiger partial charge in [0, 0.05) is 11.8 Å². The van der Waals surface area contributed by atoms with Gasteiger partial charge in [0.1, 0.15) is 5.75 Å². The SMILES string of the molecule is O=C(Nc1cccc(O)c1)C(F)(F)C(F)(F)F. The number of carbonyl (C=O) groups is 1. The van der Waals surface area contributed by atoms with Crippen molar-refractivity contribution in [1.82, 2.24) is 0 Å². The van der Waals surface area contributed by atoms with Gasteiger partial charge in [0.2, 0.25) is 0 Å². The van der Waals surface area contributed by atoms with Crippen LogP contribution >= 0.6 is 0 Å². The summed E-state index contributed by atoms with van der Waals surface area (Å²) in [5.74, 6) is -8.37. The summed E-state index contributed by atoms with van der Waals surface area (Å²) >= 11 is 0. The molecular formula is C9H6F5NO2. The highest BCUT2D eigenvalue weighted by molar-refractivity contribution is 5.96. The smallest absolute Gasteiger partial charge is 0.463 e. The van der Waals surface area contributed by atoms with Gasteiger partial charge in [0.15, 0.2) is 0 Å². The second-order valence-electron chi connectivity index (χ2n) is 3.08. The summed E-state index contributed by atoms with van der Waals surface area (Å²) in [5, 5.41) is 10.3. The van der Waals surface area contributed by atoms with Crippen LogP contribution in [0.4, 0.5) is 27.6 Å². The number of hydrogen-bond donors (Lipinski definition) is 2. The van der Waals surface area contributed by atoms with E-state index in [0.29, 0.717) is 0 Å². The van der Waals surface area contributed by atoms with Crippen molar-refractivity contribution in [3.63, 3.8) is 0 Å². The zero-order valence-corrected chi connectivity index (χ0v) is 8.05. The Morgan fingerprint density at radius 3 is 2.24 bits per heavy atom. The van der Waals surface area contributed by atoms with Crippen molar-refractivity contribution in [1.29, 1.82) is 0 Å². The minimum Gasteiger partial charge on any atom is -0.508 e. The van der Waals surface area contributed by atoms with Crippen LogP contribution in [0.2, 0.25) is 0 Å². The number of carbonyl (C=O) groups excluding carboxylic acids is 1. The standard InChI is InChI=1S/C9H6F5NO2/c10-8(11,9(12,13)14)7(17)15-5-2-1-3-6(16)4-5/h1-4,16H,(H,15,17). The molecule has 0 atom stereocenters. The molecule has 0 unspecified atom stereocenters. The monoisotopic (exact) mass is 255 g/mol. The van der Waals surface area contributed by atoms with Crippen molar-refractivity contribution in [3.05, 3.63) is 24.3 Å². The molecule has 1 aromatic carbocycles. The van der Waals surface area contributed by atoms with Crippen LogP contribution in [0.15, 0.2) is 24.3 Å². The maximum absolute atomic E-state index is 12.5. The number of hydrogen-bond acceptors (Lipinski definition) is 2. The summed E-state index contributed by atoms with van der Waals surface area (Å²) < 4.78 is 60.4. The molecule has 0 spiro atoms. The highest BCUT2D eigenvalue weighted by Crippen LogP contribution is 2.36. The minimum atomic E-state index is -5.96. The predicted octanol–water partition coefficient (Wildman–Crippen LogP) is 2.53. The van der Waals surface area contributed by atoms with E-state index < -0.39 is 18.0 Å². The largest absolute Gasteiger partial charge is 0.508 e. The van der Waals surface area contributed by atoms with Crippen molar-refractivity contribution in [2.24, 2.45) is 0 Å². The molecule has 1 rings (SSSR count). The number of halogens is 5. The maximum atomic E-state index is 12.5. The summed E-state index contributed by atoms with van der Waals surface area (Å²) in [7, 11) is 0. The van der Waals surface area contributed by atoms with Crippen molar-refractivity contribution in [2.45, 2.75) is 12.1 Å². The molecule has 0 aromatic heterocycles. The van der Waals surface area contributed by atoms with E-state index in [1.807, 2.05) is 0 Å². The van der Waals surface area contributed by atoms with Gasteiger partial charge in [-0.2, -0.15) is 22.0 Å². The van der Waals surface area contributed by atoms with Gasteiger partial charge in [-0.05, 0) is 12.1 Å². The lowest BCUT2D eigenvalue weighted by molar-refractivity contribution is -0.267. The summed E-state index contributed by atoms with van der Waals surface area (Å²) in [6.07, 6.45) is -5.96. The topological polar surface area (TPSA) is 49.3 Å². The number of aromatic hydroxyl groups is 1. The third kappa shape index (κ3) is 2.83. The first-order chi connectivity index (χ1) is 7.64. The van der Waals surface area contributed by atoms with Gasteiger partial charge in [-0.15, -0.1) is 0 Å². The molecule has 0 aliphatic carbocycles. The molecule has 0 saturated carbocycles. The van der Waals surface area contributed by atoms with E-state index in [1.54, 1.807) is 0 Å². The lowest BCUT2D eigenvalue weighted by atomic mass is 10.2. The molecule has 0 bridgehead atoms. The molecule has 8 heteroatoms. The van der Waals surface area contributed by atoms with Gasteiger partial charge in [0.25, 0.3) is 0 Å². The lowest BCUT2D eigenvalue weighted by Gasteiger charge is -2.18. The Hall–Kier alpha value is -1.86. The predicted molar refractivity (Wildman–Crippen MR) is 47.7 cm³/mol. The first-order valence-electron chi connectivity index (χ1n) is 4.19. The van der Waals surface area contributed by atoms with Crippen molar-refractivity contribution < 1.29 is 31.9 Å². The molecule has 1 aromatic rings. The van der Waals surface area contributed by atoms with E-state index in [1.165, 1.54) is 11.4 Å². The molecule has 0 radical (unpaired) electrons. The Labute approximate surface area is 91.9 Å². The number of alkyl halides is 5. The van der Waals surface area contributed by atoms with Crippen LogP contribution in [-0.4, -0.2) is 23.1 Å². The Bertz CT molecular complexity index is 430. The summed E-state index contributed by atoms with van der Waals surface area (Å²) in [4.78, 5) is 10.7. The normalized spacial score (nSPS) is 12.3. The van der Waals surface area contributed by atoms with E-state index in [4.69, 9.17) is 5.11 Å². The molecule has 0 fully saturated rings. The van der Waals surface area contributed by atoms with Gasteiger partial charge in [-0.1, -0.05) is 6.07 Å². The van der Waals surface area contributed by atoms with E-state index in [0.717, 1.165) is 18.2 Å². The molecule has 0 aliphatic rings. The van der Waals surface area contributed by atoms with E-state index >= 15 is 0 Å². The Morgan fingerprint density at radius 2 is 1.76 bits per heavy atom. The number of nitrogens with one attached hydrogen (secondary N) is 1. The minimum absolute atomic E-state index is 0.362. The number of benzene rings is 1. The third-order valence-corrected chi connectivity index (χ3v) is 1.75. The fourth-order valence-corrected chi connectivity index (χ4v) is 0.922. The van der Waals surface area contributed by atoms with Crippen LogP contribution < -0.4 is 5.32 Å². The fourth-order valence-electron chi connectivity index (χ4n) is 0.922. The number of rotatable bonds is 2. The van der Waals surface area contributed by atoms with Crippen LogP contribution in [0.1, 0.15) is 0 Å². The average molecular weight is 255 g/mol. The van der Waals surface area contributed by atoms with E-state index in [9.17, 15) is 26.7 Å². The van der Waals surface area contributed by atoms with Crippen molar-refractivity contribution >= 4 is 11.6 Å². The van der Waals surface area contributed by atoms with Crippen LogP contribution in [0.25, 0.3) is 0 Å². The number of amides is 1. The van der Waals surface area contributed by atoms with Gasteiger partial charge >= 0.3 is 18.0 Å². The Morgan fingerprint density at radius 1 is 1.18 bits per heavy atom. The Balaban J connectivity index is 2.87. The van der Waals surface area contributed by atoms with Crippen LogP contribution in [0.5, 0.6) is 5.75 Å². The first kappa shape index (κ1) is 13.2. The molecule has 0 heterocycles. The molecule has 94 valence electrons. The highest BCUT2D eigenvalue weighted by atomic mass is 19.4. The van der Waals surface area contributed by atoms with Crippen LogP contribution in [0, 0.1) is 0 Å². The van der Waals surface area contributed by atoms with Crippen LogP contribution in [-0.2, 0) is 4.79 Å². The molecular weight excluding hydrogens is 249 g/mol. The summed E-state index contributed by atoms with van der Waals surface area (Å²) in [6.45, 7) is 0. The molecule has 17 heavy (non-hydrogen) atoms. The third-order valence-electron chi connectivity index (χ3n) is 1.75. The zero-order chi connectivity index (χ0) is 13.3. The van der Waals surface area contributed by atoms with E-state index in [-0.39, 0.29) is 11.4 Å². The molecule has 3 nitrogen and oxygen atoms in total. The van der Waals surface area contributed by atoms with Gasteiger partial charge in [-0.3, -0.25) is 4.79 Å². The summed E-state index contributed by atoms with van der Waals surface area (Å²) in [6, 6.07) is 4.24. The second kappa shape index (κ2) is 4.19. The molecule has 0 saturated heterocycles. The maximum Gasteiger partial charge on any atom is 0.463 e. The lowest BCUT2D eigenvalue weighted by Crippen LogP contribution is -2.47. The van der Waals surface area contributed by atoms with Gasteiger partial charge in [0.05, 0.1) is 0 Å². The van der Waals surface area contributed by atoms with Crippen molar-refractivity contribution in [3.8, 4) is 5.75 Å². The quantitative estimate of drug-likeness (QED) is 0.798. The number of phenolic OH excluding ortho intramolecular Hbond substituents is 1. The molecule has 1 amide bonds. The first-order valence-corrected chi connectivity index (χ1v) is 4.19. The number of phenols is 1. The zero-order valence-electron chi connectivity index (χ0n) is 8.05. The van der Waals surface area contributed by atoms with Crippen LogP contribution in [0.3, 0.4) is 0 Å². The van der Waals surface area contributed by atoms with E-state index in [2.05, 4.69) is 0 Å².